The lowest BCUT2D eigenvalue weighted by molar-refractivity contribution is 0.0527. The minimum atomic E-state index is -0.446. The Labute approximate surface area is 145 Å². The van der Waals surface area contributed by atoms with Crippen molar-refractivity contribution < 1.29 is 4.74 Å². The number of hydrogen-bond donors (Lipinski definition) is 1. The molecule has 4 rings (SSSR count). The molecule has 0 aromatic carbocycles. The van der Waals surface area contributed by atoms with E-state index in [-0.39, 0.29) is 6.04 Å². The van der Waals surface area contributed by atoms with Crippen LogP contribution >= 0.6 is 11.3 Å². The predicted octanol–water partition coefficient (Wildman–Crippen LogP) is 2.61. The summed E-state index contributed by atoms with van der Waals surface area (Å²) in [5.41, 5.74) is 1.79. The summed E-state index contributed by atoms with van der Waals surface area (Å²) in [7, 11) is 0. The molecule has 6 nitrogen and oxygen atoms in total. The van der Waals surface area contributed by atoms with E-state index in [4.69, 9.17) is 4.74 Å². The summed E-state index contributed by atoms with van der Waals surface area (Å²) in [4.78, 5) is 0. The van der Waals surface area contributed by atoms with Gasteiger partial charge in [-0.25, -0.2) is 4.68 Å². The molecule has 126 valence electrons. The van der Waals surface area contributed by atoms with E-state index < -0.39 is 5.54 Å². The summed E-state index contributed by atoms with van der Waals surface area (Å²) in [6, 6.07) is 4.67. The van der Waals surface area contributed by atoms with Crippen LogP contribution in [0.4, 0.5) is 0 Å². The van der Waals surface area contributed by atoms with Crippen molar-refractivity contribution in [2.75, 3.05) is 13.2 Å². The molecule has 0 spiro atoms. The smallest absolute Gasteiger partial charge is 0.150 e. The molecule has 0 radical (unpaired) electrons. The molecule has 0 bridgehead atoms. The average molecular weight is 343 g/mol. The number of nitriles is 1. The quantitative estimate of drug-likeness (QED) is 0.872. The van der Waals surface area contributed by atoms with E-state index in [1.54, 1.807) is 16.0 Å². The molecule has 1 saturated heterocycles. The van der Waals surface area contributed by atoms with Gasteiger partial charge in [-0.3, -0.25) is 0 Å². The first-order chi connectivity index (χ1) is 11.8. The van der Waals surface area contributed by atoms with Crippen molar-refractivity contribution in [3.63, 3.8) is 0 Å². The van der Waals surface area contributed by atoms with Gasteiger partial charge in [-0.1, -0.05) is 5.21 Å². The van der Waals surface area contributed by atoms with Crippen LogP contribution in [0.1, 0.15) is 43.0 Å². The summed E-state index contributed by atoms with van der Waals surface area (Å²) in [5.74, 6) is 0.486. The van der Waals surface area contributed by atoms with Crippen molar-refractivity contribution in [2.45, 2.75) is 43.8 Å². The normalized spacial score (nSPS) is 21.3. The highest BCUT2D eigenvalue weighted by atomic mass is 32.1. The largest absolute Gasteiger partial charge is 0.381 e. The van der Waals surface area contributed by atoms with E-state index >= 15 is 0 Å². The molecule has 3 heterocycles. The fourth-order valence-corrected chi connectivity index (χ4v) is 3.99. The highest BCUT2D eigenvalue weighted by Crippen LogP contribution is 2.42. The van der Waals surface area contributed by atoms with E-state index in [1.165, 1.54) is 5.56 Å². The molecular formula is C17H21N5OS. The van der Waals surface area contributed by atoms with E-state index in [2.05, 4.69) is 38.5 Å². The third kappa shape index (κ3) is 3.09. The van der Waals surface area contributed by atoms with Crippen molar-refractivity contribution in [3.05, 3.63) is 34.3 Å². The monoisotopic (exact) mass is 343 g/mol. The van der Waals surface area contributed by atoms with Crippen LogP contribution < -0.4 is 5.32 Å². The van der Waals surface area contributed by atoms with Gasteiger partial charge >= 0.3 is 0 Å². The Kier molecular flexibility index (Phi) is 4.35. The molecule has 2 aliphatic rings. The Morgan fingerprint density at radius 3 is 2.96 bits per heavy atom. The van der Waals surface area contributed by atoms with Gasteiger partial charge in [0.15, 0.2) is 5.54 Å². The maximum absolute atomic E-state index is 9.37. The van der Waals surface area contributed by atoms with Crippen LogP contribution in [-0.4, -0.2) is 28.2 Å². The minimum absolute atomic E-state index is 0.150. The second-order valence-electron chi connectivity index (χ2n) is 6.67. The maximum Gasteiger partial charge on any atom is 0.150 e. The third-order valence-electron chi connectivity index (χ3n) is 5.04. The SMILES string of the molecule is N#CC1(n2cc(C(NCc3ccsc3)C3CCOCC3)nn2)CC1. The van der Waals surface area contributed by atoms with E-state index in [9.17, 15) is 5.26 Å². The third-order valence-corrected chi connectivity index (χ3v) is 5.78. The van der Waals surface area contributed by atoms with Gasteiger partial charge in [0.1, 0.15) is 0 Å². The van der Waals surface area contributed by atoms with Crippen LogP contribution in [0, 0.1) is 17.2 Å². The fourth-order valence-electron chi connectivity index (χ4n) is 3.32. The van der Waals surface area contributed by atoms with E-state index in [0.717, 1.165) is 51.1 Å². The van der Waals surface area contributed by atoms with Gasteiger partial charge in [-0.05, 0) is 54.0 Å². The topological polar surface area (TPSA) is 75.8 Å². The molecule has 2 fully saturated rings. The highest BCUT2D eigenvalue weighted by molar-refractivity contribution is 7.07. The molecule has 1 unspecified atom stereocenters. The molecule has 7 heteroatoms. The molecule has 1 atom stereocenters. The van der Waals surface area contributed by atoms with Crippen LogP contribution in [-0.2, 0) is 16.8 Å². The summed E-state index contributed by atoms with van der Waals surface area (Å²) in [5, 5.41) is 26.0. The lowest BCUT2D eigenvalue weighted by Crippen LogP contribution is -2.32. The molecular weight excluding hydrogens is 322 g/mol. The summed E-state index contributed by atoms with van der Waals surface area (Å²) in [6.45, 7) is 2.43. The molecule has 0 amide bonds. The Hall–Kier alpha value is -1.75. The van der Waals surface area contributed by atoms with Crippen molar-refractivity contribution in [3.8, 4) is 6.07 Å². The van der Waals surface area contributed by atoms with Crippen LogP contribution in [0.25, 0.3) is 0 Å². The van der Waals surface area contributed by atoms with Gasteiger partial charge in [0.2, 0.25) is 0 Å². The van der Waals surface area contributed by atoms with Crippen LogP contribution in [0.2, 0.25) is 0 Å². The average Bonchev–Trinajstić information content (AvgIpc) is 3.01. The summed E-state index contributed by atoms with van der Waals surface area (Å²) in [6.07, 6.45) is 5.76. The number of ether oxygens (including phenoxy) is 1. The lowest BCUT2D eigenvalue weighted by Gasteiger charge is -2.29. The summed E-state index contributed by atoms with van der Waals surface area (Å²) < 4.78 is 7.28. The van der Waals surface area contributed by atoms with Gasteiger partial charge in [0, 0.05) is 19.8 Å². The molecule has 1 saturated carbocycles. The van der Waals surface area contributed by atoms with Gasteiger partial charge in [0.25, 0.3) is 0 Å². The van der Waals surface area contributed by atoms with E-state index in [1.807, 2.05) is 6.20 Å². The highest BCUT2D eigenvalue weighted by Gasteiger charge is 2.47. The Bertz CT molecular complexity index is 710. The first-order valence-corrected chi connectivity index (χ1v) is 9.41. The number of rotatable bonds is 6. The zero-order valence-electron chi connectivity index (χ0n) is 13.5. The molecule has 2 aromatic heterocycles. The minimum Gasteiger partial charge on any atom is -0.381 e. The van der Waals surface area contributed by atoms with Gasteiger partial charge in [-0.2, -0.15) is 16.6 Å². The van der Waals surface area contributed by atoms with Crippen molar-refractivity contribution in [1.29, 1.82) is 5.26 Å². The standard InChI is InChI=1S/C17H21N5OS/c18-12-17(4-5-17)22-10-15(20-21-22)16(14-1-6-23-7-2-14)19-9-13-3-8-24-11-13/h3,8,10-11,14,16,19H,1-2,4-7,9H2. The number of nitrogens with zero attached hydrogens (tertiary/aromatic N) is 4. The van der Waals surface area contributed by atoms with Crippen LogP contribution in [0.5, 0.6) is 0 Å². The lowest BCUT2D eigenvalue weighted by atomic mass is 9.90. The number of aromatic nitrogens is 3. The second-order valence-corrected chi connectivity index (χ2v) is 7.45. The molecule has 24 heavy (non-hydrogen) atoms. The first-order valence-electron chi connectivity index (χ1n) is 8.47. The summed E-state index contributed by atoms with van der Waals surface area (Å²) >= 11 is 1.71. The number of thiophene rings is 1. The van der Waals surface area contributed by atoms with Crippen molar-refractivity contribution >= 4 is 11.3 Å². The molecule has 1 aliphatic carbocycles. The first kappa shape index (κ1) is 15.8. The zero-order valence-corrected chi connectivity index (χ0v) is 14.3. The van der Waals surface area contributed by atoms with Gasteiger partial charge < -0.3 is 10.1 Å². The van der Waals surface area contributed by atoms with Crippen LogP contribution in [0.3, 0.4) is 0 Å². The predicted molar refractivity (Wildman–Crippen MR) is 90.3 cm³/mol. The van der Waals surface area contributed by atoms with Gasteiger partial charge in [0.05, 0.1) is 24.0 Å². The fraction of sp³-hybridized carbons (Fsp3) is 0.588. The Morgan fingerprint density at radius 1 is 1.46 bits per heavy atom. The maximum atomic E-state index is 9.37. The van der Waals surface area contributed by atoms with E-state index in [0.29, 0.717) is 5.92 Å². The molecule has 1 N–H and O–H groups in total. The number of nitrogens with one attached hydrogen (secondary N) is 1. The second kappa shape index (κ2) is 6.63. The van der Waals surface area contributed by atoms with Crippen LogP contribution in [0.15, 0.2) is 23.0 Å². The Balaban J connectivity index is 1.54. The molecule has 1 aliphatic heterocycles. The van der Waals surface area contributed by atoms with Crippen molar-refractivity contribution in [1.82, 2.24) is 20.3 Å². The number of hydrogen-bond acceptors (Lipinski definition) is 6. The Morgan fingerprint density at radius 2 is 2.29 bits per heavy atom. The van der Waals surface area contributed by atoms with Crippen molar-refractivity contribution in [2.24, 2.45) is 5.92 Å². The zero-order chi connectivity index (χ0) is 16.4. The van der Waals surface area contributed by atoms with Gasteiger partial charge in [-0.15, -0.1) is 5.10 Å². The molecule has 2 aromatic rings.